The summed E-state index contributed by atoms with van der Waals surface area (Å²) in [6.45, 7) is 1.80. The lowest BCUT2D eigenvalue weighted by Crippen LogP contribution is -2.25. The largest absolute Gasteiger partial charge is 0.350 e. The summed E-state index contributed by atoms with van der Waals surface area (Å²) in [6, 6.07) is 15.0. The molecule has 0 spiro atoms. The molecule has 1 heterocycles. The quantitative estimate of drug-likeness (QED) is 0.507. The highest BCUT2D eigenvalue weighted by atomic mass is 32.1. The van der Waals surface area contributed by atoms with Gasteiger partial charge in [0.15, 0.2) is 5.13 Å². The summed E-state index contributed by atoms with van der Waals surface area (Å²) >= 11 is 1.61. The van der Waals surface area contributed by atoms with Gasteiger partial charge in [0.1, 0.15) is 0 Å². The fourth-order valence-corrected chi connectivity index (χ4v) is 2.93. The fraction of sp³-hybridized carbons (Fsp3) is 0.0625. The molecule has 2 aromatic carbocycles. The number of hydrogen-bond acceptors (Lipinski definition) is 5. The van der Waals surface area contributed by atoms with Crippen molar-refractivity contribution in [2.45, 2.75) is 6.92 Å². The number of para-hydroxylation sites is 1. The first-order chi connectivity index (χ1) is 11.1. The lowest BCUT2D eigenvalue weighted by atomic mass is 10.1. The molecule has 0 aliphatic rings. The zero-order chi connectivity index (χ0) is 16.2. The van der Waals surface area contributed by atoms with Crippen molar-refractivity contribution in [3.8, 4) is 0 Å². The molecule has 1 aromatic heterocycles. The van der Waals surface area contributed by atoms with Gasteiger partial charge >= 0.3 is 6.03 Å². The number of carbonyl (C=O) groups is 1. The second-order valence-electron chi connectivity index (χ2n) is 4.86. The Morgan fingerprint density at radius 3 is 2.61 bits per heavy atom. The molecule has 0 bridgehead atoms. The van der Waals surface area contributed by atoms with E-state index in [0.717, 1.165) is 26.6 Å². The minimum Gasteiger partial charge on any atom is -0.350 e. The molecule has 116 valence electrons. The lowest BCUT2D eigenvalue weighted by molar-refractivity contribution is 0.249. The number of primary amides is 1. The van der Waals surface area contributed by atoms with E-state index in [4.69, 9.17) is 5.73 Å². The van der Waals surface area contributed by atoms with Gasteiger partial charge < -0.3 is 11.1 Å². The van der Waals surface area contributed by atoms with Crippen LogP contribution in [0.5, 0.6) is 0 Å². The first kappa shape index (κ1) is 15.0. The number of anilines is 2. The molecule has 0 atom stereocenters. The molecule has 6 nitrogen and oxygen atoms in total. The normalized spacial score (nSPS) is 11.4. The van der Waals surface area contributed by atoms with Gasteiger partial charge in [-0.1, -0.05) is 35.6 Å². The van der Waals surface area contributed by atoms with Crippen LogP contribution in [0.25, 0.3) is 10.2 Å². The summed E-state index contributed by atoms with van der Waals surface area (Å²) in [4.78, 5) is 15.2. The standard InChI is InChI=1S/C16H15N5OS/c1-10(20-21-15(17)22)11-6-8-12(9-7-11)18-16-19-13-4-2-3-5-14(13)23-16/h2-9H,1H3,(H,18,19)(H3,17,21,22)/b20-10-. The predicted molar refractivity (Wildman–Crippen MR) is 94.3 cm³/mol. The molecule has 0 unspecified atom stereocenters. The van der Waals surface area contributed by atoms with Crippen molar-refractivity contribution < 1.29 is 4.79 Å². The van der Waals surface area contributed by atoms with Crippen LogP contribution in [0.2, 0.25) is 0 Å². The van der Waals surface area contributed by atoms with Crippen molar-refractivity contribution in [3.63, 3.8) is 0 Å². The number of nitrogens with two attached hydrogens (primary N) is 1. The maximum Gasteiger partial charge on any atom is 0.332 e. The summed E-state index contributed by atoms with van der Waals surface area (Å²) in [5, 5.41) is 8.03. The van der Waals surface area contributed by atoms with E-state index in [1.807, 2.05) is 48.5 Å². The van der Waals surface area contributed by atoms with E-state index in [9.17, 15) is 4.79 Å². The smallest absolute Gasteiger partial charge is 0.332 e. The summed E-state index contributed by atoms with van der Waals surface area (Å²) in [5.41, 5.74) is 10.7. The minimum atomic E-state index is -0.682. The molecule has 3 aromatic rings. The van der Waals surface area contributed by atoms with Gasteiger partial charge in [0.05, 0.1) is 15.9 Å². The first-order valence-corrected chi connectivity index (χ1v) is 7.76. The van der Waals surface area contributed by atoms with Gasteiger partial charge in [-0.15, -0.1) is 0 Å². The van der Waals surface area contributed by atoms with E-state index in [2.05, 4.69) is 20.8 Å². The third-order valence-electron chi connectivity index (χ3n) is 3.18. The molecule has 4 N–H and O–H groups in total. The van der Waals surface area contributed by atoms with Gasteiger partial charge in [-0.05, 0) is 36.8 Å². The number of nitrogens with zero attached hydrogens (tertiary/aromatic N) is 2. The molecule has 0 aliphatic carbocycles. The van der Waals surface area contributed by atoms with Crippen molar-refractivity contribution in [2.24, 2.45) is 10.8 Å². The first-order valence-electron chi connectivity index (χ1n) is 6.94. The molecule has 0 saturated carbocycles. The number of thiazole rings is 1. The van der Waals surface area contributed by atoms with E-state index in [1.165, 1.54) is 0 Å². The predicted octanol–water partition coefficient (Wildman–Crippen LogP) is 3.43. The lowest BCUT2D eigenvalue weighted by Gasteiger charge is -2.05. The molecule has 7 heteroatoms. The number of benzene rings is 2. The highest BCUT2D eigenvalue weighted by Crippen LogP contribution is 2.28. The molecular formula is C16H15N5OS. The van der Waals surface area contributed by atoms with Crippen molar-refractivity contribution in [3.05, 3.63) is 54.1 Å². The number of urea groups is 1. The average Bonchev–Trinajstić information content (AvgIpc) is 2.95. The van der Waals surface area contributed by atoms with Gasteiger partial charge in [-0.25, -0.2) is 15.2 Å². The summed E-state index contributed by atoms with van der Waals surface area (Å²) < 4.78 is 1.15. The van der Waals surface area contributed by atoms with Crippen LogP contribution in [0.4, 0.5) is 15.6 Å². The second-order valence-corrected chi connectivity index (χ2v) is 5.89. The maximum atomic E-state index is 10.7. The third kappa shape index (κ3) is 3.64. The summed E-state index contributed by atoms with van der Waals surface area (Å²) in [5.74, 6) is 0. The Kier molecular flexibility index (Phi) is 4.20. The molecule has 0 fully saturated rings. The van der Waals surface area contributed by atoms with E-state index in [-0.39, 0.29) is 0 Å². The Bertz CT molecular complexity index is 837. The fourth-order valence-electron chi connectivity index (χ4n) is 2.05. The number of carbonyl (C=O) groups excluding carboxylic acids is 1. The van der Waals surface area contributed by atoms with Gasteiger partial charge in [-0.3, -0.25) is 0 Å². The number of hydrazone groups is 1. The van der Waals surface area contributed by atoms with Crippen LogP contribution < -0.4 is 16.5 Å². The zero-order valence-corrected chi connectivity index (χ0v) is 13.2. The Hall–Kier alpha value is -2.93. The summed E-state index contributed by atoms with van der Waals surface area (Å²) in [6.07, 6.45) is 0. The van der Waals surface area contributed by atoms with Crippen LogP contribution in [0, 0.1) is 0 Å². The molecule has 0 saturated heterocycles. The van der Waals surface area contributed by atoms with E-state index in [0.29, 0.717) is 5.71 Å². The Labute approximate surface area is 137 Å². The van der Waals surface area contributed by atoms with Gasteiger partial charge in [0.2, 0.25) is 0 Å². The minimum absolute atomic E-state index is 0.676. The number of hydrogen-bond donors (Lipinski definition) is 3. The van der Waals surface area contributed by atoms with E-state index < -0.39 is 6.03 Å². The number of fused-ring (bicyclic) bond motifs is 1. The van der Waals surface area contributed by atoms with Crippen LogP contribution in [-0.2, 0) is 0 Å². The van der Waals surface area contributed by atoms with Crippen LogP contribution >= 0.6 is 11.3 Å². The molecule has 0 aliphatic heterocycles. The van der Waals surface area contributed by atoms with Crippen LogP contribution in [-0.4, -0.2) is 16.7 Å². The van der Waals surface area contributed by atoms with Crippen molar-refractivity contribution in [1.82, 2.24) is 10.4 Å². The highest BCUT2D eigenvalue weighted by Gasteiger charge is 2.04. The molecule has 2 amide bonds. The molecule has 23 heavy (non-hydrogen) atoms. The van der Waals surface area contributed by atoms with Gasteiger partial charge in [0, 0.05) is 5.69 Å². The number of rotatable bonds is 4. The maximum absolute atomic E-state index is 10.7. The number of amides is 2. The Morgan fingerprint density at radius 1 is 1.17 bits per heavy atom. The SMILES string of the molecule is C/C(=N/NC(N)=O)c1ccc(Nc2nc3ccccc3s2)cc1. The topological polar surface area (TPSA) is 92.4 Å². The highest BCUT2D eigenvalue weighted by molar-refractivity contribution is 7.22. The van der Waals surface area contributed by atoms with Crippen LogP contribution in [0.1, 0.15) is 12.5 Å². The number of nitrogens with one attached hydrogen (secondary N) is 2. The van der Waals surface area contributed by atoms with Crippen LogP contribution in [0.3, 0.4) is 0 Å². The van der Waals surface area contributed by atoms with E-state index in [1.54, 1.807) is 18.3 Å². The molecule has 3 rings (SSSR count). The average molecular weight is 325 g/mol. The molecular weight excluding hydrogens is 310 g/mol. The van der Waals surface area contributed by atoms with Crippen molar-refractivity contribution in [1.29, 1.82) is 0 Å². The second kappa shape index (κ2) is 6.45. The Morgan fingerprint density at radius 2 is 1.91 bits per heavy atom. The Balaban J connectivity index is 1.74. The van der Waals surface area contributed by atoms with Gasteiger partial charge in [0.25, 0.3) is 0 Å². The van der Waals surface area contributed by atoms with Gasteiger partial charge in [-0.2, -0.15) is 5.10 Å². The van der Waals surface area contributed by atoms with Crippen molar-refractivity contribution in [2.75, 3.05) is 5.32 Å². The monoisotopic (exact) mass is 325 g/mol. The summed E-state index contributed by atoms with van der Waals surface area (Å²) in [7, 11) is 0. The third-order valence-corrected chi connectivity index (χ3v) is 4.13. The number of aromatic nitrogens is 1. The van der Waals surface area contributed by atoms with Crippen molar-refractivity contribution >= 4 is 44.1 Å². The van der Waals surface area contributed by atoms with Crippen LogP contribution in [0.15, 0.2) is 53.6 Å². The van der Waals surface area contributed by atoms with E-state index >= 15 is 0 Å². The molecule has 0 radical (unpaired) electrons. The zero-order valence-electron chi connectivity index (χ0n) is 12.4.